The molecule has 5 nitrogen and oxygen atoms in total. The fraction of sp³-hybridized carbons (Fsp3) is 0.125. The Morgan fingerprint density at radius 2 is 1.57 bits per heavy atom. The number of nitrogens with one attached hydrogen (secondary N) is 1. The minimum Gasteiger partial charge on any atom is -0.360 e. The molecule has 1 aliphatic rings. The van der Waals surface area contributed by atoms with Crippen LogP contribution in [0, 0.1) is 0 Å². The third-order valence-electron chi connectivity index (χ3n) is 5.14. The van der Waals surface area contributed by atoms with E-state index in [4.69, 9.17) is 0 Å². The summed E-state index contributed by atoms with van der Waals surface area (Å²) in [5.74, 6) is -0.503. The smallest absolute Gasteiger partial charge is 0.270 e. The average Bonchev–Trinajstić information content (AvgIpc) is 2.77. The maximum atomic E-state index is 13.5. The molecular weight excluding hydrogens is 396 g/mol. The van der Waals surface area contributed by atoms with Crippen LogP contribution >= 0.6 is 0 Å². The normalized spacial score (nSPS) is 16.4. The van der Waals surface area contributed by atoms with Crippen molar-refractivity contribution in [1.82, 2.24) is 0 Å². The summed E-state index contributed by atoms with van der Waals surface area (Å²) in [4.78, 5) is 12.8. The van der Waals surface area contributed by atoms with Gasteiger partial charge in [0.25, 0.3) is 10.0 Å². The summed E-state index contributed by atoms with van der Waals surface area (Å²) in [5.41, 5.74) is 3.44. The lowest BCUT2D eigenvalue weighted by molar-refractivity contribution is 0.104. The van der Waals surface area contributed by atoms with Crippen molar-refractivity contribution in [2.24, 2.45) is 0 Å². The lowest BCUT2D eigenvalue weighted by Gasteiger charge is -2.31. The first-order chi connectivity index (χ1) is 14.5. The minimum atomic E-state index is -4.03. The van der Waals surface area contributed by atoms with Gasteiger partial charge in [0.05, 0.1) is 12.2 Å². The van der Waals surface area contributed by atoms with Crippen molar-refractivity contribution in [3.63, 3.8) is 0 Å². The Labute approximate surface area is 176 Å². The molecule has 0 bridgehead atoms. The number of anilines is 2. The second-order valence-electron chi connectivity index (χ2n) is 7.01. The van der Waals surface area contributed by atoms with Crippen molar-refractivity contribution in [1.29, 1.82) is 0 Å². The van der Waals surface area contributed by atoms with E-state index in [2.05, 4.69) is 5.32 Å². The Bertz CT molecular complexity index is 1220. The molecule has 0 atom stereocenters. The van der Waals surface area contributed by atoms with Crippen LogP contribution in [-0.4, -0.2) is 14.2 Å². The van der Waals surface area contributed by atoms with E-state index in [9.17, 15) is 13.2 Å². The quantitative estimate of drug-likeness (QED) is 0.608. The summed E-state index contributed by atoms with van der Waals surface area (Å²) >= 11 is 0. The first kappa shape index (κ1) is 19.9. The zero-order valence-corrected chi connectivity index (χ0v) is 17.4. The molecule has 30 heavy (non-hydrogen) atoms. The SMILES string of the molecule is CCc1ccccc1NC=C1C(=O)c2ccccc2N(Cc2ccccc2)S1(=O)=O. The third kappa shape index (κ3) is 3.62. The Morgan fingerprint density at radius 3 is 2.33 bits per heavy atom. The van der Waals surface area contributed by atoms with Gasteiger partial charge in [0.15, 0.2) is 4.91 Å². The number of hydrogen-bond donors (Lipinski definition) is 1. The molecule has 0 amide bonds. The van der Waals surface area contributed by atoms with Gasteiger partial charge in [0.1, 0.15) is 0 Å². The predicted octanol–water partition coefficient (Wildman–Crippen LogP) is 4.74. The molecule has 152 valence electrons. The molecule has 0 aliphatic carbocycles. The summed E-state index contributed by atoms with van der Waals surface area (Å²) in [6, 6.07) is 23.8. The fourth-order valence-corrected chi connectivity index (χ4v) is 5.08. The van der Waals surface area contributed by atoms with Gasteiger partial charge in [-0.1, -0.05) is 67.6 Å². The van der Waals surface area contributed by atoms with Gasteiger partial charge in [-0.15, -0.1) is 0 Å². The number of Topliss-reactive ketones (excluding diaryl/α,β-unsaturated/α-hetero) is 1. The Morgan fingerprint density at radius 1 is 0.900 bits per heavy atom. The number of carbonyl (C=O) groups is 1. The van der Waals surface area contributed by atoms with Crippen molar-refractivity contribution in [2.45, 2.75) is 19.9 Å². The highest BCUT2D eigenvalue weighted by Crippen LogP contribution is 2.36. The standard InChI is InChI=1S/C24H22N2O3S/c1-2-19-12-6-8-14-21(19)25-16-23-24(27)20-13-7-9-15-22(20)26(30(23,28)29)17-18-10-4-3-5-11-18/h3-16,25H,2,17H2,1H3. The summed E-state index contributed by atoms with van der Waals surface area (Å²) in [5, 5.41) is 3.05. The number of allylic oxidation sites excluding steroid dienone is 1. The molecule has 3 aromatic rings. The fourth-order valence-electron chi connectivity index (χ4n) is 3.55. The van der Waals surface area contributed by atoms with Crippen molar-refractivity contribution < 1.29 is 13.2 Å². The molecule has 1 N–H and O–H groups in total. The number of nitrogens with zero attached hydrogens (tertiary/aromatic N) is 1. The van der Waals surface area contributed by atoms with Gasteiger partial charge in [-0.2, -0.15) is 0 Å². The molecule has 6 heteroatoms. The van der Waals surface area contributed by atoms with Crippen LogP contribution in [0.5, 0.6) is 0 Å². The lowest BCUT2D eigenvalue weighted by Crippen LogP contribution is -2.39. The van der Waals surface area contributed by atoms with Crippen LogP contribution in [0.2, 0.25) is 0 Å². The molecule has 3 aromatic carbocycles. The topological polar surface area (TPSA) is 66.5 Å². The summed E-state index contributed by atoms with van der Waals surface area (Å²) < 4.78 is 28.2. The van der Waals surface area contributed by atoms with Crippen molar-refractivity contribution in [3.05, 3.63) is 107 Å². The molecular formula is C24H22N2O3S. The van der Waals surface area contributed by atoms with Crippen LogP contribution in [0.15, 0.2) is 90.0 Å². The zero-order valence-electron chi connectivity index (χ0n) is 16.6. The molecule has 4 rings (SSSR count). The molecule has 1 heterocycles. The Balaban J connectivity index is 1.79. The molecule has 1 aliphatic heterocycles. The summed E-state index contributed by atoms with van der Waals surface area (Å²) in [6.07, 6.45) is 2.11. The van der Waals surface area contributed by atoms with Crippen molar-refractivity contribution in [3.8, 4) is 0 Å². The molecule has 0 aromatic heterocycles. The van der Waals surface area contributed by atoms with E-state index >= 15 is 0 Å². The minimum absolute atomic E-state index is 0.149. The van der Waals surface area contributed by atoms with Crippen LogP contribution in [0.1, 0.15) is 28.4 Å². The number of hydrogen-bond acceptors (Lipinski definition) is 4. The number of sulfonamides is 1. The van der Waals surface area contributed by atoms with Gasteiger partial charge >= 0.3 is 0 Å². The van der Waals surface area contributed by atoms with Gasteiger partial charge in [-0.3, -0.25) is 9.10 Å². The molecule has 0 radical (unpaired) electrons. The first-order valence-corrected chi connectivity index (χ1v) is 11.2. The monoisotopic (exact) mass is 418 g/mol. The largest absolute Gasteiger partial charge is 0.360 e. The van der Waals surface area contributed by atoms with E-state index < -0.39 is 15.8 Å². The van der Waals surface area contributed by atoms with Gasteiger partial charge in [0.2, 0.25) is 5.78 Å². The van der Waals surface area contributed by atoms with E-state index in [-0.39, 0.29) is 11.4 Å². The van der Waals surface area contributed by atoms with Crippen LogP contribution in [-0.2, 0) is 23.0 Å². The number of para-hydroxylation sites is 2. The maximum Gasteiger partial charge on any atom is 0.270 e. The van der Waals surface area contributed by atoms with Gasteiger partial charge in [-0.05, 0) is 35.7 Å². The summed E-state index contributed by atoms with van der Waals surface area (Å²) in [6.45, 7) is 2.17. The third-order valence-corrected chi connectivity index (χ3v) is 6.90. The highest BCUT2D eigenvalue weighted by molar-refractivity contribution is 7.97. The Hall–Kier alpha value is -3.38. The van der Waals surface area contributed by atoms with E-state index in [1.165, 1.54) is 10.5 Å². The molecule has 0 unspecified atom stereocenters. The van der Waals surface area contributed by atoms with E-state index in [1.54, 1.807) is 24.3 Å². The van der Waals surface area contributed by atoms with Gasteiger partial charge in [0, 0.05) is 17.5 Å². The highest BCUT2D eigenvalue weighted by atomic mass is 32.2. The number of benzene rings is 3. The number of fused-ring (bicyclic) bond motifs is 1. The van der Waals surface area contributed by atoms with E-state index in [1.807, 2.05) is 61.5 Å². The molecule has 0 fully saturated rings. The lowest BCUT2D eigenvalue weighted by atomic mass is 10.1. The predicted molar refractivity (Wildman–Crippen MR) is 120 cm³/mol. The van der Waals surface area contributed by atoms with Crippen molar-refractivity contribution in [2.75, 3.05) is 9.62 Å². The summed E-state index contributed by atoms with van der Waals surface area (Å²) in [7, 11) is -4.03. The Kier molecular flexibility index (Phi) is 5.42. The average molecular weight is 419 g/mol. The van der Waals surface area contributed by atoms with Gasteiger partial charge < -0.3 is 5.32 Å². The van der Waals surface area contributed by atoms with Gasteiger partial charge in [-0.25, -0.2) is 8.42 Å². The maximum absolute atomic E-state index is 13.5. The molecule has 0 spiro atoms. The zero-order chi connectivity index (χ0) is 21.1. The number of aryl methyl sites for hydroxylation is 1. The van der Waals surface area contributed by atoms with Crippen LogP contribution in [0.3, 0.4) is 0 Å². The van der Waals surface area contributed by atoms with E-state index in [0.717, 1.165) is 23.2 Å². The number of rotatable bonds is 5. The van der Waals surface area contributed by atoms with Crippen LogP contribution in [0.4, 0.5) is 11.4 Å². The van der Waals surface area contributed by atoms with Crippen molar-refractivity contribution >= 4 is 27.2 Å². The molecule has 0 saturated carbocycles. The van der Waals surface area contributed by atoms with Crippen LogP contribution < -0.4 is 9.62 Å². The number of ketones is 1. The highest BCUT2D eigenvalue weighted by Gasteiger charge is 2.40. The molecule has 0 saturated heterocycles. The number of carbonyl (C=O) groups excluding carboxylic acids is 1. The second kappa shape index (κ2) is 8.16. The first-order valence-electron chi connectivity index (χ1n) is 9.77. The second-order valence-corrected chi connectivity index (χ2v) is 8.84. The van der Waals surface area contributed by atoms with E-state index in [0.29, 0.717) is 11.3 Å². The van der Waals surface area contributed by atoms with Crippen LogP contribution in [0.25, 0.3) is 0 Å².